The van der Waals surface area contributed by atoms with Gasteiger partial charge in [-0.2, -0.15) is 0 Å². The molecule has 0 aliphatic carbocycles. The zero-order valence-electron chi connectivity index (χ0n) is 11.1. The smallest absolute Gasteiger partial charge is 0.0363 e. The fourth-order valence-electron chi connectivity index (χ4n) is 1.97. The van der Waals surface area contributed by atoms with Crippen LogP contribution in [-0.4, -0.2) is 13.6 Å². The maximum Gasteiger partial charge on any atom is 0.0363 e. The predicted molar refractivity (Wildman–Crippen MR) is 79.0 cm³/mol. The Hall–Kier alpha value is -1.96. The number of aryl methyl sites for hydroxylation is 1. The van der Waals surface area contributed by atoms with Gasteiger partial charge in [-0.1, -0.05) is 29.8 Å². The van der Waals surface area contributed by atoms with Crippen molar-refractivity contribution in [2.75, 3.05) is 24.2 Å². The van der Waals surface area contributed by atoms with Crippen molar-refractivity contribution in [3.05, 3.63) is 59.7 Å². The van der Waals surface area contributed by atoms with Gasteiger partial charge in [0, 0.05) is 25.0 Å². The molecule has 0 saturated heterocycles. The van der Waals surface area contributed by atoms with Crippen LogP contribution in [0.5, 0.6) is 0 Å². The summed E-state index contributed by atoms with van der Waals surface area (Å²) in [6.07, 6.45) is 1.01. The van der Waals surface area contributed by atoms with Crippen molar-refractivity contribution in [1.82, 2.24) is 0 Å². The Balaban J connectivity index is 1.96. The van der Waals surface area contributed by atoms with Crippen LogP contribution < -0.4 is 10.6 Å². The van der Waals surface area contributed by atoms with Crippen LogP contribution in [-0.2, 0) is 6.42 Å². The normalized spacial score (nSPS) is 10.3. The molecule has 0 aliphatic heterocycles. The molecule has 0 bridgehead atoms. The fraction of sp³-hybridized carbons (Fsp3) is 0.250. The van der Waals surface area contributed by atoms with Crippen LogP contribution in [0, 0.1) is 6.92 Å². The molecule has 2 nitrogen and oxygen atoms in total. The van der Waals surface area contributed by atoms with Gasteiger partial charge in [0.05, 0.1) is 0 Å². The molecule has 0 radical (unpaired) electrons. The van der Waals surface area contributed by atoms with Crippen molar-refractivity contribution < 1.29 is 0 Å². The predicted octanol–water partition coefficient (Wildman–Crippen LogP) is 3.26. The molecule has 0 aliphatic rings. The molecule has 2 rings (SSSR count). The van der Waals surface area contributed by atoms with Crippen LogP contribution in [0.1, 0.15) is 11.1 Å². The molecule has 0 fully saturated rings. The van der Waals surface area contributed by atoms with Crippen LogP contribution in [0.3, 0.4) is 0 Å². The second-order valence-corrected chi connectivity index (χ2v) is 4.75. The van der Waals surface area contributed by atoms with Crippen LogP contribution in [0.2, 0.25) is 0 Å². The van der Waals surface area contributed by atoms with E-state index in [0.717, 1.165) is 18.7 Å². The van der Waals surface area contributed by atoms with E-state index in [1.807, 2.05) is 18.2 Å². The zero-order valence-corrected chi connectivity index (χ0v) is 11.1. The molecule has 18 heavy (non-hydrogen) atoms. The fourth-order valence-corrected chi connectivity index (χ4v) is 1.97. The Bertz CT molecular complexity index is 503. The lowest BCUT2D eigenvalue weighted by molar-refractivity contribution is 0.877. The molecule has 2 N–H and O–H groups in total. The maximum absolute atomic E-state index is 5.78. The number of hydrogen-bond acceptors (Lipinski definition) is 2. The summed E-state index contributed by atoms with van der Waals surface area (Å²) in [6, 6.07) is 16.7. The molecule has 2 heteroatoms. The molecule has 0 aromatic heterocycles. The molecule has 2 aromatic rings. The SMILES string of the molecule is Cc1ccc(N(C)CCc2cccc(N)c2)cc1. The second-order valence-electron chi connectivity index (χ2n) is 4.75. The summed E-state index contributed by atoms with van der Waals surface area (Å²) in [6.45, 7) is 3.10. The van der Waals surface area contributed by atoms with Crippen molar-refractivity contribution in [1.29, 1.82) is 0 Å². The highest BCUT2D eigenvalue weighted by Crippen LogP contribution is 2.14. The van der Waals surface area contributed by atoms with E-state index in [4.69, 9.17) is 5.73 Å². The lowest BCUT2D eigenvalue weighted by Crippen LogP contribution is -2.20. The third kappa shape index (κ3) is 3.27. The van der Waals surface area contributed by atoms with Gasteiger partial charge >= 0.3 is 0 Å². The number of anilines is 2. The van der Waals surface area contributed by atoms with Gasteiger partial charge in [0.15, 0.2) is 0 Å². The van der Waals surface area contributed by atoms with Crippen LogP contribution in [0.4, 0.5) is 11.4 Å². The van der Waals surface area contributed by atoms with E-state index >= 15 is 0 Å². The van der Waals surface area contributed by atoms with Crippen LogP contribution in [0.15, 0.2) is 48.5 Å². The van der Waals surface area contributed by atoms with Crippen LogP contribution in [0.25, 0.3) is 0 Å². The molecule has 2 aromatic carbocycles. The van der Waals surface area contributed by atoms with E-state index in [1.54, 1.807) is 0 Å². The van der Waals surface area contributed by atoms with Crippen LogP contribution >= 0.6 is 0 Å². The maximum atomic E-state index is 5.78. The van der Waals surface area contributed by atoms with Gasteiger partial charge in [-0.15, -0.1) is 0 Å². The van der Waals surface area contributed by atoms with Gasteiger partial charge in [0.2, 0.25) is 0 Å². The number of hydrogen-bond donors (Lipinski definition) is 1. The molecular weight excluding hydrogens is 220 g/mol. The standard InChI is InChI=1S/C16H20N2/c1-13-6-8-16(9-7-13)18(2)11-10-14-4-3-5-15(17)12-14/h3-9,12H,10-11,17H2,1-2H3. The number of benzene rings is 2. The van der Waals surface area contributed by atoms with E-state index in [-0.39, 0.29) is 0 Å². The van der Waals surface area contributed by atoms with Crippen molar-refractivity contribution in [2.24, 2.45) is 0 Å². The average Bonchev–Trinajstić information content (AvgIpc) is 2.37. The number of rotatable bonds is 4. The van der Waals surface area contributed by atoms with Crippen molar-refractivity contribution in [2.45, 2.75) is 13.3 Å². The molecule has 0 saturated carbocycles. The molecule has 0 amide bonds. The largest absolute Gasteiger partial charge is 0.399 e. The summed E-state index contributed by atoms with van der Waals surface area (Å²) in [4.78, 5) is 2.27. The summed E-state index contributed by atoms with van der Waals surface area (Å²) in [7, 11) is 2.12. The van der Waals surface area contributed by atoms with E-state index in [2.05, 4.69) is 49.2 Å². The Morgan fingerprint density at radius 2 is 1.78 bits per heavy atom. The first-order valence-electron chi connectivity index (χ1n) is 6.27. The quantitative estimate of drug-likeness (QED) is 0.831. The molecule has 0 heterocycles. The molecule has 94 valence electrons. The highest BCUT2D eigenvalue weighted by molar-refractivity contribution is 5.47. The number of nitrogens with two attached hydrogens (primary N) is 1. The Morgan fingerprint density at radius 3 is 2.44 bits per heavy atom. The highest BCUT2D eigenvalue weighted by Gasteiger charge is 2.01. The number of nitrogens with zero attached hydrogens (tertiary/aromatic N) is 1. The molecule has 0 unspecified atom stereocenters. The monoisotopic (exact) mass is 240 g/mol. The minimum atomic E-state index is 0.838. The van der Waals surface area contributed by atoms with Gasteiger partial charge in [0.25, 0.3) is 0 Å². The third-order valence-electron chi connectivity index (χ3n) is 3.16. The van der Waals surface area contributed by atoms with E-state index in [0.29, 0.717) is 0 Å². The van der Waals surface area contributed by atoms with Gasteiger partial charge in [-0.25, -0.2) is 0 Å². The minimum Gasteiger partial charge on any atom is -0.399 e. The summed E-state index contributed by atoms with van der Waals surface area (Å²) in [5, 5.41) is 0. The van der Waals surface area contributed by atoms with E-state index in [1.165, 1.54) is 16.8 Å². The molecule has 0 atom stereocenters. The topological polar surface area (TPSA) is 29.3 Å². The molecule has 0 spiro atoms. The Kier molecular flexibility index (Phi) is 3.88. The lowest BCUT2D eigenvalue weighted by Gasteiger charge is -2.19. The van der Waals surface area contributed by atoms with Gasteiger partial charge in [0.1, 0.15) is 0 Å². The number of likely N-dealkylation sites (N-methyl/N-ethyl adjacent to an activating group) is 1. The molecular formula is C16H20N2. The minimum absolute atomic E-state index is 0.838. The highest BCUT2D eigenvalue weighted by atomic mass is 15.1. The summed E-state index contributed by atoms with van der Waals surface area (Å²) in [5.41, 5.74) is 10.5. The number of nitrogen functional groups attached to an aromatic ring is 1. The Morgan fingerprint density at radius 1 is 1.06 bits per heavy atom. The van der Waals surface area contributed by atoms with Crippen molar-refractivity contribution in [3.8, 4) is 0 Å². The van der Waals surface area contributed by atoms with E-state index in [9.17, 15) is 0 Å². The average molecular weight is 240 g/mol. The summed E-state index contributed by atoms with van der Waals surface area (Å²) in [5.74, 6) is 0. The first kappa shape index (κ1) is 12.5. The van der Waals surface area contributed by atoms with Gasteiger partial charge in [-0.3, -0.25) is 0 Å². The van der Waals surface area contributed by atoms with Crippen molar-refractivity contribution >= 4 is 11.4 Å². The first-order valence-corrected chi connectivity index (χ1v) is 6.27. The zero-order chi connectivity index (χ0) is 13.0. The van der Waals surface area contributed by atoms with Gasteiger partial charge < -0.3 is 10.6 Å². The summed E-state index contributed by atoms with van der Waals surface area (Å²) >= 11 is 0. The third-order valence-corrected chi connectivity index (χ3v) is 3.16. The van der Waals surface area contributed by atoms with E-state index < -0.39 is 0 Å². The summed E-state index contributed by atoms with van der Waals surface area (Å²) < 4.78 is 0. The van der Waals surface area contributed by atoms with Crippen molar-refractivity contribution in [3.63, 3.8) is 0 Å². The lowest BCUT2D eigenvalue weighted by atomic mass is 10.1. The first-order chi connectivity index (χ1) is 8.65. The Labute approximate surface area is 109 Å². The second kappa shape index (κ2) is 5.58. The van der Waals surface area contributed by atoms with Gasteiger partial charge in [-0.05, 0) is 43.2 Å².